The van der Waals surface area contributed by atoms with Gasteiger partial charge in [0.05, 0.1) is 30.5 Å². The molecule has 12 heavy (non-hydrogen) atoms. The van der Waals surface area contributed by atoms with Crippen molar-refractivity contribution in [3.8, 4) is 0 Å². The van der Waals surface area contributed by atoms with Crippen molar-refractivity contribution in [1.82, 2.24) is 0 Å². The second-order valence-electron chi connectivity index (χ2n) is 2.96. The molecule has 2 aliphatic heterocycles. The summed E-state index contributed by atoms with van der Waals surface area (Å²) >= 11 is 1.65. The van der Waals surface area contributed by atoms with Crippen LogP contribution in [0.15, 0.2) is 0 Å². The summed E-state index contributed by atoms with van der Waals surface area (Å²) in [7, 11) is 0. The van der Waals surface area contributed by atoms with Gasteiger partial charge in [-0.2, -0.15) is 0 Å². The Morgan fingerprint density at radius 2 is 2.00 bits per heavy atom. The highest BCUT2D eigenvalue weighted by atomic mass is 32.2. The lowest BCUT2D eigenvalue weighted by atomic mass is 10.1. The number of fused-ring (bicyclic) bond motifs is 1. The van der Waals surface area contributed by atoms with E-state index >= 15 is 0 Å². The fourth-order valence-electron chi connectivity index (χ4n) is 1.70. The Balaban J connectivity index is 2.05. The van der Waals surface area contributed by atoms with E-state index in [4.69, 9.17) is 19.7 Å². The molecule has 5 heteroatoms. The Bertz CT molecular complexity index is 149. The maximum absolute atomic E-state index is 8.95. The van der Waals surface area contributed by atoms with Crippen LogP contribution in [-0.2, 0) is 9.47 Å². The smallest absolute Gasteiger partial charge is 0.108 e. The molecule has 0 aromatic carbocycles. The normalized spacial score (nSPS) is 46.5. The fourth-order valence-corrected chi connectivity index (χ4v) is 2.90. The molecule has 0 aliphatic carbocycles. The second kappa shape index (κ2) is 3.51. The molecule has 4 nitrogen and oxygen atoms in total. The van der Waals surface area contributed by atoms with E-state index in [1.165, 1.54) is 0 Å². The Morgan fingerprint density at radius 1 is 1.25 bits per heavy atom. The largest absolute Gasteiger partial charge is 0.394 e. The van der Waals surface area contributed by atoms with Crippen LogP contribution in [0.4, 0.5) is 0 Å². The number of hydrogen-bond acceptors (Lipinski definition) is 5. The Labute approximate surface area is 74.9 Å². The SMILES string of the molecule is OCC1OC(CO)C2SCOC12. The van der Waals surface area contributed by atoms with Crippen LogP contribution in [0, 0.1) is 0 Å². The quantitative estimate of drug-likeness (QED) is 0.599. The van der Waals surface area contributed by atoms with Crippen LogP contribution >= 0.6 is 11.8 Å². The van der Waals surface area contributed by atoms with E-state index in [1.54, 1.807) is 11.8 Å². The minimum Gasteiger partial charge on any atom is -0.394 e. The number of aliphatic hydroxyl groups is 2. The Hall–Kier alpha value is 0.190. The first-order chi connectivity index (χ1) is 5.86. The predicted molar refractivity (Wildman–Crippen MR) is 44.0 cm³/mol. The van der Waals surface area contributed by atoms with E-state index in [1.807, 2.05) is 0 Å². The van der Waals surface area contributed by atoms with Crippen LogP contribution in [-0.4, -0.2) is 52.9 Å². The van der Waals surface area contributed by atoms with Crippen LogP contribution < -0.4 is 0 Å². The van der Waals surface area contributed by atoms with Crippen molar-refractivity contribution in [2.45, 2.75) is 23.6 Å². The zero-order valence-corrected chi connectivity index (χ0v) is 7.37. The molecule has 0 amide bonds. The second-order valence-corrected chi connectivity index (χ2v) is 4.07. The van der Waals surface area contributed by atoms with Gasteiger partial charge in [0.2, 0.25) is 0 Å². The van der Waals surface area contributed by atoms with Crippen LogP contribution in [0.5, 0.6) is 0 Å². The third-order valence-electron chi connectivity index (χ3n) is 2.29. The lowest BCUT2D eigenvalue weighted by molar-refractivity contribution is -0.0468. The number of hydrogen-bond donors (Lipinski definition) is 2. The number of ether oxygens (including phenoxy) is 2. The molecule has 4 atom stereocenters. The van der Waals surface area contributed by atoms with Gasteiger partial charge < -0.3 is 19.7 Å². The molecular weight excluding hydrogens is 180 g/mol. The van der Waals surface area contributed by atoms with E-state index in [-0.39, 0.29) is 36.8 Å². The molecule has 0 radical (unpaired) electrons. The summed E-state index contributed by atoms with van der Waals surface area (Å²) in [6, 6.07) is 0. The van der Waals surface area contributed by atoms with E-state index in [2.05, 4.69) is 0 Å². The number of thioether (sulfide) groups is 1. The molecule has 2 heterocycles. The third-order valence-corrected chi connectivity index (χ3v) is 3.52. The van der Waals surface area contributed by atoms with Crippen LogP contribution in [0.25, 0.3) is 0 Å². The zero-order valence-electron chi connectivity index (χ0n) is 6.55. The highest BCUT2D eigenvalue weighted by Gasteiger charge is 2.48. The first-order valence-electron chi connectivity index (χ1n) is 3.97. The van der Waals surface area contributed by atoms with Gasteiger partial charge in [-0.3, -0.25) is 0 Å². The van der Waals surface area contributed by atoms with Crippen molar-refractivity contribution in [3.05, 3.63) is 0 Å². The van der Waals surface area contributed by atoms with Gasteiger partial charge in [0.25, 0.3) is 0 Å². The van der Waals surface area contributed by atoms with Crippen molar-refractivity contribution in [1.29, 1.82) is 0 Å². The zero-order chi connectivity index (χ0) is 8.55. The average Bonchev–Trinajstić information content (AvgIpc) is 2.63. The monoisotopic (exact) mass is 192 g/mol. The molecule has 0 aromatic heterocycles. The summed E-state index contributed by atoms with van der Waals surface area (Å²) in [5, 5.41) is 18.1. The Kier molecular flexibility index (Phi) is 2.57. The lowest BCUT2D eigenvalue weighted by Crippen LogP contribution is -2.30. The van der Waals surface area contributed by atoms with Crippen LogP contribution in [0.1, 0.15) is 0 Å². The molecule has 70 valence electrons. The van der Waals surface area contributed by atoms with Crippen LogP contribution in [0.3, 0.4) is 0 Å². The van der Waals surface area contributed by atoms with Crippen molar-refractivity contribution >= 4 is 11.8 Å². The standard InChI is InChI=1S/C7H12O4S/c8-1-4-6-7(12-3-10-6)5(2-9)11-4/h4-9H,1-3H2. The number of rotatable bonds is 2. The molecule has 4 unspecified atom stereocenters. The topological polar surface area (TPSA) is 58.9 Å². The van der Waals surface area contributed by atoms with Gasteiger partial charge in [0.1, 0.15) is 12.2 Å². The minimum atomic E-state index is -0.248. The van der Waals surface area contributed by atoms with Gasteiger partial charge in [0.15, 0.2) is 0 Å². The summed E-state index contributed by atoms with van der Waals surface area (Å²) in [5.41, 5.74) is 0. The summed E-state index contributed by atoms with van der Waals surface area (Å²) in [5.74, 6) is 0.645. The minimum absolute atomic E-state index is 0.00796. The molecule has 2 saturated heterocycles. The van der Waals surface area contributed by atoms with Crippen molar-refractivity contribution < 1.29 is 19.7 Å². The highest BCUT2D eigenvalue weighted by Crippen LogP contribution is 2.38. The predicted octanol–water partition coefficient (Wildman–Crippen LogP) is -0.804. The van der Waals surface area contributed by atoms with Gasteiger partial charge in [-0.15, -0.1) is 11.8 Å². The molecule has 0 aromatic rings. The van der Waals surface area contributed by atoms with Crippen LogP contribution in [0.2, 0.25) is 0 Å². The molecule has 2 aliphatic rings. The van der Waals surface area contributed by atoms with E-state index in [0.29, 0.717) is 5.94 Å². The van der Waals surface area contributed by atoms with Gasteiger partial charge >= 0.3 is 0 Å². The summed E-state index contributed by atoms with van der Waals surface area (Å²) < 4.78 is 10.8. The van der Waals surface area contributed by atoms with Gasteiger partial charge in [-0.1, -0.05) is 0 Å². The Morgan fingerprint density at radius 3 is 2.67 bits per heavy atom. The molecule has 0 saturated carbocycles. The maximum Gasteiger partial charge on any atom is 0.108 e. The lowest BCUT2D eigenvalue weighted by Gasteiger charge is -2.12. The van der Waals surface area contributed by atoms with E-state index in [0.717, 1.165) is 0 Å². The molecular formula is C7H12O4S. The molecule has 2 N–H and O–H groups in total. The van der Waals surface area contributed by atoms with Crippen molar-refractivity contribution in [2.24, 2.45) is 0 Å². The van der Waals surface area contributed by atoms with Gasteiger partial charge in [-0.05, 0) is 0 Å². The van der Waals surface area contributed by atoms with Crippen molar-refractivity contribution in [2.75, 3.05) is 19.2 Å². The highest BCUT2D eigenvalue weighted by molar-refractivity contribution is 8.00. The van der Waals surface area contributed by atoms with E-state index in [9.17, 15) is 0 Å². The maximum atomic E-state index is 8.95. The third kappa shape index (κ3) is 1.25. The van der Waals surface area contributed by atoms with E-state index < -0.39 is 0 Å². The molecule has 2 fully saturated rings. The summed E-state index contributed by atoms with van der Waals surface area (Å²) in [6.07, 6.45) is -0.445. The first-order valence-corrected chi connectivity index (χ1v) is 5.02. The fraction of sp³-hybridized carbons (Fsp3) is 1.00. The summed E-state index contributed by atoms with van der Waals surface area (Å²) in [6.45, 7) is -0.0216. The van der Waals surface area contributed by atoms with Crippen molar-refractivity contribution in [3.63, 3.8) is 0 Å². The first kappa shape index (κ1) is 8.77. The van der Waals surface area contributed by atoms with Gasteiger partial charge in [0, 0.05) is 0 Å². The molecule has 0 spiro atoms. The molecule has 0 bridgehead atoms. The average molecular weight is 192 g/mol. The molecule has 2 rings (SSSR count). The van der Waals surface area contributed by atoms with Gasteiger partial charge in [-0.25, -0.2) is 0 Å². The summed E-state index contributed by atoms with van der Waals surface area (Å²) in [4.78, 5) is 0. The number of aliphatic hydroxyl groups excluding tert-OH is 2.